The number of furan rings is 1. The number of halogens is 1. The van der Waals surface area contributed by atoms with Gasteiger partial charge in [-0.1, -0.05) is 28.1 Å². The van der Waals surface area contributed by atoms with Crippen LogP contribution in [0.3, 0.4) is 0 Å². The van der Waals surface area contributed by atoms with Crippen molar-refractivity contribution in [1.82, 2.24) is 0 Å². The number of hydrogen-bond acceptors (Lipinski definition) is 2. The lowest BCUT2D eigenvalue weighted by Crippen LogP contribution is -1.79. The van der Waals surface area contributed by atoms with E-state index in [0.29, 0.717) is 0 Å². The summed E-state index contributed by atoms with van der Waals surface area (Å²) < 4.78 is 6.99. The van der Waals surface area contributed by atoms with Gasteiger partial charge in [-0.2, -0.15) is 0 Å². The van der Waals surface area contributed by atoms with Gasteiger partial charge in [0.2, 0.25) is 0 Å². The second kappa shape index (κ2) is 4.75. The molecule has 0 amide bonds. The highest BCUT2D eigenvalue weighted by molar-refractivity contribution is 9.10. The molecule has 18 heavy (non-hydrogen) atoms. The molecule has 3 rings (SSSR count). The molecule has 0 unspecified atom stereocenters. The van der Waals surface area contributed by atoms with Crippen LogP contribution in [-0.4, -0.2) is 0 Å². The van der Waals surface area contributed by atoms with Gasteiger partial charge in [0.25, 0.3) is 0 Å². The van der Waals surface area contributed by atoms with Gasteiger partial charge in [-0.3, -0.25) is 0 Å². The molecule has 0 atom stereocenters. The Kier molecular flexibility index (Phi) is 3.10. The molecule has 0 aliphatic heterocycles. The fourth-order valence-electron chi connectivity index (χ4n) is 1.98. The zero-order valence-electron chi connectivity index (χ0n) is 9.81. The Labute approximate surface area is 118 Å². The molecule has 2 aromatic heterocycles. The number of thiophene rings is 1. The van der Waals surface area contributed by atoms with Crippen LogP contribution in [0.25, 0.3) is 16.5 Å². The first kappa shape index (κ1) is 11.8. The van der Waals surface area contributed by atoms with E-state index in [1.54, 1.807) is 11.3 Å². The summed E-state index contributed by atoms with van der Waals surface area (Å²) in [5, 5.41) is 3.20. The van der Waals surface area contributed by atoms with Crippen LogP contribution >= 0.6 is 27.3 Å². The van der Waals surface area contributed by atoms with Gasteiger partial charge in [0.15, 0.2) is 0 Å². The van der Waals surface area contributed by atoms with Gasteiger partial charge in [0.05, 0.1) is 0 Å². The first-order valence-electron chi connectivity index (χ1n) is 5.67. The van der Waals surface area contributed by atoms with Crippen LogP contribution in [0.15, 0.2) is 56.7 Å². The van der Waals surface area contributed by atoms with Crippen molar-refractivity contribution in [2.45, 2.75) is 6.92 Å². The van der Waals surface area contributed by atoms with Crippen molar-refractivity contribution in [3.63, 3.8) is 0 Å². The third-order valence-corrected chi connectivity index (χ3v) is 4.22. The van der Waals surface area contributed by atoms with Crippen LogP contribution in [-0.2, 0) is 0 Å². The Balaban J connectivity index is 2.14. The SMILES string of the molecule is C/C=C(/c1cc2cc(Br)ccc2o1)c1cccs1. The molecule has 0 fully saturated rings. The topological polar surface area (TPSA) is 13.1 Å². The average molecular weight is 319 g/mol. The van der Waals surface area contributed by atoms with E-state index in [-0.39, 0.29) is 0 Å². The summed E-state index contributed by atoms with van der Waals surface area (Å²) in [5.41, 5.74) is 2.07. The normalized spacial score (nSPS) is 12.2. The average Bonchev–Trinajstić information content (AvgIpc) is 2.98. The van der Waals surface area contributed by atoms with Gasteiger partial charge in [0.1, 0.15) is 11.3 Å². The number of benzene rings is 1. The predicted octanol–water partition coefficient (Wildman–Crippen LogP) is 5.71. The number of rotatable bonds is 2. The molecule has 0 aliphatic carbocycles. The van der Waals surface area contributed by atoms with E-state index in [0.717, 1.165) is 26.8 Å². The fourth-order valence-corrected chi connectivity index (χ4v) is 3.17. The van der Waals surface area contributed by atoms with Gasteiger partial charge in [-0.25, -0.2) is 0 Å². The summed E-state index contributed by atoms with van der Waals surface area (Å²) in [5.74, 6) is 0.924. The predicted molar refractivity (Wildman–Crippen MR) is 81.0 cm³/mol. The molecule has 0 saturated heterocycles. The number of allylic oxidation sites excluding steroid dienone is 1. The monoisotopic (exact) mass is 318 g/mol. The maximum absolute atomic E-state index is 5.92. The number of hydrogen-bond donors (Lipinski definition) is 0. The van der Waals surface area contributed by atoms with Crippen LogP contribution in [0.4, 0.5) is 0 Å². The summed E-state index contributed by atoms with van der Waals surface area (Å²) in [4.78, 5) is 1.23. The minimum Gasteiger partial charge on any atom is -0.456 e. The molecule has 1 aromatic carbocycles. The van der Waals surface area contributed by atoms with E-state index in [4.69, 9.17) is 4.42 Å². The summed E-state index contributed by atoms with van der Waals surface area (Å²) in [6.07, 6.45) is 2.10. The van der Waals surface area contributed by atoms with Crippen LogP contribution in [0.1, 0.15) is 17.6 Å². The summed E-state index contributed by atoms with van der Waals surface area (Å²) >= 11 is 5.21. The molecule has 0 saturated carbocycles. The van der Waals surface area contributed by atoms with Crippen LogP contribution in [0.5, 0.6) is 0 Å². The van der Waals surface area contributed by atoms with Crippen LogP contribution < -0.4 is 0 Å². The zero-order chi connectivity index (χ0) is 12.5. The molecule has 90 valence electrons. The molecule has 3 aromatic rings. The van der Waals surface area contributed by atoms with Crippen molar-refractivity contribution < 1.29 is 4.42 Å². The third-order valence-electron chi connectivity index (χ3n) is 2.82. The Hall–Kier alpha value is -1.32. The fraction of sp³-hybridized carbons (Fsp3) is 0.0667. The van der Waals surface area contributed by atoms with Crippen LogP contribution in [0, 0.1) is 0 Å². The first-order valence-corrected chi connectivity index (χ1v) is 7.35. The van der Waals surface area contributed by atoms with E-state index in [1.807, 2.05) is 19.1 Å². The second-order valence-corrected chi connectivity index (χ2v) is 5.84. The molecule has 0 N–H and O–H groups in total. The molecule has 0 bridgehead atoms. The third kappa shape index (κ3) is 2.04. The standard InChI is InChI=1S/C15H11BrOS/c1-2-12(15-4-3-7-18-15)14-9-10-8-11(16)5-6-13(10)17-14/h2-9H,1H3/b12-2-. The zero-order valence-corrected chi connectivity index (χ0v) is 12.2. The van der Waals surface area contributed by atoms with Crippen molar-refractivity contribution in [1.29, 1.82) is 0 Å². The van der Waals surface area contributed by atoms with Crippen molar-refractivity contribution in [2.75, 3.05) is 0 Å². The van der Waals surface area contributed by atoms with Gasteiger partial charge >= 0.3 is 0 Å². The molecular weight excluding hydrogens is 308 g/mol. The van der Waals surface area contributed by atoms with E-state index in [9.17, 15) is 0 Å². The largest absolute Gasteiger partial charge is 0.456 e. The summed E-state index contributed by atoms with van der Waals surface area (Å²) in [6.45, 7) is 2.04. The maximum Gasteiger partial charge on any atom is 0.136 e. The lowest BCUT2D eigenvalue weighted by molar-refractivity contribution is 0.600. The highest BCUT2D eigenvalue weighted by atomic mass is 79.9. The van der Waals surface area contributed by atoms with Crippen LogP contribution in [0.2, 0.25) is 0 Å². The molecule has 0 aliphatic rings. The quantitative estimate of drug-likeness (QED) is 0.590. The molecule has 3 heteroatoms. The van der Waals surface area contributed by atoms with Crippen molar-refractivity contribution in [3.8, 4) is 0 Å². The smallest absolute Gasteiger partial charge is 0.136 e. The van der Waals surface area contributed by atoms with E-state index in [2.05, 4.69) is 51.7 Å². The van der Waals surface area contributed by atoms with Crippen molar-refractivity contribution in [2.24, 2.45) is 0 Å². The maximum atomic E-state index is 5.92. The Morgan fingerprint density at radius 2 is 2.17 bits per heavy atom. The number of fused-ring (bicyclic) bond motifs is 1. The molecular formula is C15H11BrOS. The molecule has 2 heterocycles. The lowest BCUT2D eigenvalue weighted by Gasteiger charge is -1.99. The highest BCUT2D eigenvalue weighted by Crippen LogP contribution is 2.32. The van der Waals surface area contributed by atoms with Gasteiger partial charge in [0, 0.05) is 20.3 Å². The van der Waals surface area contributed by atoms with Crippen molar-refractivity contribution >= 4 is 43.8 Å². The molecule has 0 radical (unpaired) electrons. The van der Waals surface area contributed by atoms with E-state index < -0.39 is 0 Å². The molecule has 0 spiro atoms. The van der Waals surface area contributed by atoms with Gasteiger partial charge in [-0.05, 0) is 42.6 Å². The van der Waals surface area contributed by atoms with Gasteiger partial charge < -0.3 is 4.42 Å². The second-order valence-electron chi connectivity index (χ2n) is 3.97. The van der Waals surface area contributed by atoms with Gasteiger partial charge in [-0.15, -0.1) is 11.3 Å². The Bertz CT molecular complexity index is 707. The first-order chi connectivity index (χ1) is 8.78. The lowest BCUT2D eigenvalue weighted by atomic mass is 10.1. The van der Waals surface area contributed by atoms with E-state index in [1.165, 1.54) is 4.88 Å². The Morgan fingerprint density at radius 3 is 2.89 bits per heavy atom. The Morgan fingerprint density at radius 1 is 1.28 bits per heavy atom. The van der Waals surface area contributed by atoms with Crippen molar-refractivity contribution in [3.05, 3.63) is 63.0 Å². The minimum absolute atomic E-state index is 0.920. The minimum atomic E-state index is 0.920. The molecule has 1 nitrogen and oxygen atoms in total. The van der Waals surface area contributed by atoms with E-state index >= 15 is 0 Å². The summed E-state index contributed by atoms with van der Waals surface area (Å²) in [6, 6.07) is 12.3. The summed E-state index contributed by atoms with van der Waals surface area (Å²) in [7, 11) is 0. The highest BCUT2D eigenvalue weighted by Gasteiger charge is 2.11.